The summed E-state index contributed by atoms with van der Waals surface area (Å²) in [4.78, 5) is 43.4. The Balaban J connectivity index is 1.01. The maximum absolute atomic E-state index is 14.4. The number of carbonyl (C=O) groups is 2. The maximum Gasteiger partial charge on any atom is 0.290 e. The summed E-state index contributed by atoms with van der Waals surface area (Å²) in [5.41, 5.74) is 5.67. The van der Waals surface area contributed by atoms with Gasteiger partial charge in [-0.05, 0) is 54.7 Å². The Hall–Kier alpha value is -5.93. The molecule has 0 spiro atoms. The van der Waals surface area contributed by atoms with Crippen LogP contribution in [0.2, 0.25) is 0 Å². The number of imide groups is 1. The van der Waals surface area contributed by atoms with Crippen LogP contribution in [-0.4, -0.2) is 50.2 Å². The Morgan fingerprint density at radius 2 is 1.31 bits per heavy atom. The fraction of sp³-hybridized carbons (Fsp3) is 0.163. The third-order valence-electron chi connectivity index (χ3n) is 9.10. The summed E-state index contributed by atoms with van der Waals surface area (Å²) < 4.78 is 5.90. The molecule has 1 aliphatic heterocycles. The van der Waals surface area contributed by atoms with E-state index < -0.39 is 10.8 Å². The first-order chi connectivity index (χ1) is 25.4. The molecule has 5 aromatic carbocycles. The molecule has 1 atom stereocenters. The van der Waals surface area contributed by atoms with E-state index >= 15 is 0 Å². The molecule has 0 saturated carbocycles. The third-order valence-corrected chi connectivity index (χ3v) is 10.1. The van der Waals surface area contributed by atoms with Crippen molar-refractivity contribution >= 4 is 28.6 Å². The molecule has 0 bridgehead atoms. The number of imidazole rings is 1. The highest BCUT2D eigenvalue weighted by Crippen LogP contribution is 2.47. The Labute approximate surface area is 307 Å². The van der Waals surface area contributed by atoms with Crippen molar-refractivity contribution in [2.45, 2.75) is 31.1 Å². The predicted octanol–water partition coefficient (Wildman–Crippen LogP) is 8.80. The Kier molecular flexibility index (Phi) is 10.3. The number of aryl methyl sites for hydroxylation is 1. The Morgan fingerprint density at radius 3 is 1.87 bits per heavy atom. The van der Waals surface area contributed by atoms with Gasteiger partial charge in [0.25, 0.3) is 5.24 Å². The first kappa shape index (κ1) is 34.5. The molecular formula is C43H38N4O4S. The average molecular weight is 707 g/mol. The van der Waals surface area contributed by atoms with E-state index in [1.807, 2.05) is 159 Å². The lowest BCUT2D eigenvalue weighted by atomic mass is 9.75. The van der Waals surface area contributed by atoms with Crippen LogP contribution in [0.25, 0.3) is 11.4 Å². The van der Waals surface area contributed by atoms with Crippen molar-refractivity contribution in [3.8, 4) is 17.1 Å². The lowest BCUT2D eigenvalue weighted by molar-refractivity contribution is -0.129. The number of nitrogens with one attached hydrogen (secondary N) is 1. The molecule has 1 fully saturated rings. The zero-order chi connectivity index (χ0) is 35.9. The molecule has 7 rings (SSSR count). The van der Waals surface area contributed by atoms with E-state index in [1.165, 1.54) is 4.90 Å². The van der Waals surface area contributed by atoms with E-state index in [1.54, 1.807) is 0 Å². The number of carbonyl (C=O) groups excluding carboxylic acids is 2. The van der Waals surface area contributed by atoms with E-state index in [4.69, 9.17) is 14.6 Å². The van der Waals surface area contributed by atoms with Crippen LogP contribution in [0.15, 0.2) is 151 Å². The van der Waals surface area contributed by atoms with Crippen LogP contribution < -0.4 is 4.74 Å². The molecule has 8 nitrogen and oxygen atoms in total. The van der Waals surface area contributed by atoms with Crippen LogP contribution in [0.4, 0.5) is 4.79 Å². The molecule has 1 saturated heterocycles. The van der Waals surface area contributed by atoms with Crippen LogP contribution >= 0.6 is 11.8 Å². The van der Waals surface area contributed by atoms with Crippen molar-refractivity contribution in [2.75, 3.05) is 13.2 Å². The van der Waals surface area contributed by atoms with Crippen LogP contribution in [0.1, 0.15) is 40.6 Å². The number of ether oxygens (including phenoxy) is 1. The van der Waals surface area contributed by atoms with Crippen molar-refractivity contribution in [3.63, 3.8) is 0 Å². The Morgan fingerprint density at radius 1 is 0.769 bits per heavy atom. The van der Waals surface area contributed by atoms with E-state index in [2.05, 4.69) is 10.1 Å². The quantitative estimate of drug-likeness (QED) is 0.0558. The molecule has 2 heterocycles. The van der Waals surface area contributed by atoms with E-state index in [0.29, 0.717) is 24.5 Å². The molecule has 52 heavy (non-hydrogen) atoms. The van der Waals surface area contributed by atoms with Crippen molar-refractivity contribution in [2.24, 2.45) is 5.16 Å². The van der Waals surface area contributed by atoms with Gasteiger partial charge in [-0.1, -0.05) is 150 Å². The number of hydrogen-bond acceptors (Lipinski definition) is 7. The lowest BCUT2D eigenvalue weighted by Gasteiger charge is -2.42. The predicted molar refractivity (Wildman–Crippen MR) is 205 cm³/mol. The zero-order valence-electron chi connectivity index (χ0n) is 28.9. The molecule has 1 N–H and O–H groups in total. The molecular weight excluding hydrogens is 669 g/mol. The fourth-order valence-electron chi connectivity index (χ4n) is 6.68. The minimum atomic E-state index is -1.13. The van der Waals surface area contributed by atoms with Gasteiger partial charge in [0, 0.05) is 11.3 Å². The number of amides is 2. The average Bonchev–Trinajstić information content (AvgIpc) is 3.72. The first-order valence-electron chi connectivity index (χ1n) is 17.2. The second-order valence-electron chi connectivity index (χ2n) is 12.5. The van der Waals surface area contributed by atoms with Gasteiger partial charge in [-0.3, -0.25) is 14.5 Å². The number of aromatic nitrogens is 2. The summed E-state index contributed by atoms with van der Waals surface area (Å²) in [7, 11) is 0. The monoisotopic (exact) mass is 706 g/mol. The van der Waals surface area contributed by atoms with Crippen molar-refractivity contribution in [1.29, 1.82) is 0 Å². The standard InChI is InChI=1S/C43H38N4O4S/c1-30-39(45-40(44-30)33-15-7-3-8-16-33)31(2)46-51-28-27-50-37-25-23-32(24-26-37)29-38-41(48)47(42(49)52-38)43(34-17-9-4-10-18-34,35-19-11-5-12-20-35)36-21-13-6-14-22-36/h3-26,38H,27-29H2,1-2H3,(H,44,45). The minimum absolute atomic E-state index is 0.221. The number of rotatable bonds is 13. The highest BCUT2D eigenvalue weighted by atomic mass is 32.2. The van der Waals surface area contributed by atoms with E-state index in [9.17, 15) is 9.59 Å². The number of aromatic amines is 1. The van der Waals surface area contributed by atoms with Crippen molar-refractivity contribution in [1.82, 2.24) is 14.9 Å². The molecule has 0 radical (unpaired) electrons. The molecule has 1 unspecified atom stereocenters. The fourth-order valence-corrected chi connectivity index (χ4v) is 7.74. The molecule has 260 valence electrons. The largest absolute Gasteiger partial charge is 0.490 e. The minimum Gasteiger partial charge on any atom is -0.490 e. The number of oxime groups is 1. The molecule has 0 aliphatic carbocycles. The van der Waals surface area contributed by atoms with E-state index in [-0.39, 0.29) is 17.8 Å². The van der Waals surface area contributed by atoms with Gasteiger partial charge in [0.2, 0.25) is 5.91 Å². The lowest BCUT2D eigenvalue weighted by Crippen LogP contribution is -2.51. The number of H-pyrrole nitrogens is 1. The van der Waals surface area contributed by atoms with Crippen LogP contribution in [0.5, 0.6) is 5.75 Å². The number of benzene rings is 5. The molecule has 6 aromatic rings. The van der Waals surface area contributed by atoms with Gasteiger partial charge in [0.15, 0.2) is 6.61 Å². The van der Waals surface area contributed by atoms with E-state index in [0.717, 1.165) is 56.8 Å². The summed E-state index contributed by atoms with van der Waals surface area (Å²) in [6.07, 6.45) is 0.399. The van der Waals surface area contributed by atoms with Gasteiger partial charge >= 0.3 is 0 Å². The van der Waals surface area contributed by atoms with Crippen LogP contribution in [-0.2, 0) is 21.6 Å². The van der Waals surface area contributed by atoms with Gasteiger partial charge in [-0.15, -0.1) is 0 Å². The highest BCUT2D eigenvalue weighted by molar-refractivity contribution is 8.15. The van der Waals surface area contributed by atoms with Gasteiger partial charge in [-0.25, -0.2) is 4.98 Å². The van der Waals surface area contributed by atoms with Crippen molar-refractivity contribution in [3.05, 3.63) is 179 Å². The van der Waals surface area contributed by atoms with Crippen molar-refractivity contribution < 1.29 is 19.2 Å². The Bertz CT molecular complexity index is 2060. The maximum atomic E-state index is 14.4. The normalized spacial score (nSPS) is 14.8. The highest BCUT2D eigenvalue weighted by Gasteiger charge is 2.53. The molecule has 9 heteroatoms. The van der Waals surface area contributed by atoms with Crippen LogP contribution in [0.3, 0.4) is 0 Å². The van der Waals surface area contributed by atoms with Gasteiger partial charge < -0.3 is 14.6 Å². The summed E-state index contributed by atoms with van der Waals surface area (Å²) in [6, 6.07) is 46.9. The zero-order valence-corrected chi connectivity index (χ0v) is 29.8. The summed E-state index contributed by atoms with van der Waals surface area (Å²) in [5.74, 6) is 1.23. The second-order valence-corrected chi connectivity index (χ2v) is 13.6. The molecule has 2 amide bonds. The second kappa shape index (κ2) is 15.5. The number of nitrogens with zero attached hydrogens (tertiary/aromatic N) is 3. The third kappa shape index (κ3) is 7.00. The van der Waals surface area contributed by atoms with Gasteiger partial charge in [-0.2, -0.15) is 0 Å². The summed E-state index contributed by atoms with van der Waals surface area (Å²) >= 11 is 1.08. The van der Waals surface area contributed by atoms with Crippen LogP contribution in [0, 0.1) is 6.92 Å². The topological polar surface area (TPSA) is 96.9 Å². The number of hydrogen-bond donors (Lipinski definition) is 1. The van der Waals surface area contributed by atoms with Gasteiger partial charge in [0.05, 0.1) is 5.25 Å². The molecule has 1 aromatic heterocycles. The summed E-state index contributed by atoms with van der Waals surface area (Å²) in [5, 5.41) is 3.40. The van der Waals surface area contributed by atoms with Gasteiger partial charge in [0.1, 0.15) is 35.1 Å². The summed E-state index contributed by atoms with van der Waals surface area (Å²) in [6.45, 7) is 4.38. The first-order valence-corrected chi connectivity index (χ1v) is 18.0. The SMILES string of the molecule is CC(=NOCCOc1ccc(CC2SC(=O)N(C(c3ccccc3)(c3ccccc3)c3ccccc3)C2=O)cc1)c1nc(-c2ccccc2)[nH]c1C. The molecule has 1 aliphatic rings. The smallest absolute Gasteiger partial charge is 0.290 e. The number of thioether (sulfide) groups is 1.